The molecule has 5 rings (SSSR count). The van der Waals surface area contributed by atoms with Gasteiger partial charge in [0.1, 0.15) is 5.82 Å². The number of fused-ring (bicyclic) bond motifs is 3. The second kappa shape index (κ2) is 7.20. The number of amides is 1. The standard InChI is InChI=1S/C21H22BrN5O/c22-17-5-1-4-15-16-13-27(10-6-18(16)25-20(15)17)21(28)14-3-2-9-26(12-14)19-11-23-7-8-24-19/h1,4-5,7-8,11,14,25H,2-3,6,9-10,12-13H2. The molecule has 1 aromatic carbocycles. The summed E-state index contributed by atoms with van der Waals surface area (Å²) in [5.74, 6) is 1.15. The smallest absolute Gasteiger partial charge is 0.227 e. The van der Waals surface area contributed by atoms with E-state index < -0.39 is 0 Å². The van der Waals surface area contributed by atoms with Gasteiger partial charge in [0.05, 0.1) is 17.6 Å². The van der Waals surface area contributed by atoms with Crippen LogP contribution in [0.1, 0.15) is 24.1 Å². The summed E-state index contributed by atoms with van der Waals surface area (Å²) in [4.78, 5) is 29.7. The summed E-state index contributed by atoms with van der Waals surface area (Å²) in [7, 11) is 0. The van der Waals surface area contributed by atoms with Crippen LogP contribution in [-0.2, 0) is 17.8 Å². The maximum Gasteiger partial charge on any atom is 0.227 e. The lowest BCUT2D eigenvalue weighted by Gasteiger charge is -2.36. The van der Waals surface area contributed by atoms with Crippen LogP contribution in [-0.4, -0.2) is 45.4 Å². The summed E-state index contributed by atoms with van der Waals surface area (Å²) in [6, 6.07) is 6.25. The van der Waals surface area contributed by atoms with E-state index in [1.165, 1.54) is 16.6 Å². The van der Waals surface area contributed by atoms with Crippen molar-refractivity contribution in [2.24, 2.45) is 5.92 Å². The van der Waals surface area contributed by atoms with Crippen molar-refractivity contribution in [2.75, 3.05) is 24.5 Å². The van der Waals surface area contributed by atoms with Gasteiger partial charge in [-0.25, -0.2) is 4.98 Å². The number of aromatic amines is 1. The zero-order valence-corrected chi connectivity index (χ0v) is 17.2. The van der Waals surface area contributed by atoms with Crippen LogP contribution in [0.25, 0.3) is 10.9 Å². The third-order valence-electron chi connectivity index (χ3n) is 5.92. The number of nitrogens with one attached hydrogen (secondary N) is 1. The lowest BCUT2D eigenvalue weighted by atomic mass is 9.95. The first-order chi connectivity index (χ1) is 13.7. The Morgan fingerprint density at radius 2 is 2.18 bits per heavy atom. The minimum atomic E-state index is 0.0225. The number of rotatable bonds is 2. The van der Waals surface area contributed by atoms with Crippen LogP contribution in [0.2, 0.25) is 0 Å². The second-order valence-electron chi connectivity index (χ2n) is 7.60. The topological polar surface area (TPSA) is 65.1 Å². The fourth-order valence-electron chi connectivity index (χ4n) is 4.49. The molecule has 144 valence electrons. The minimum Gasteiger partial charge on any atom is -0.357 e. The molecule has 1 saturated heterocycles. The van der Waals surface area contributed by atoms with Gasteiger partial charge in [-0.15, -0.1) is 0 Å². The van der Waals surface area contributed by atoms with E-state index in [1.54, 1.807) is 18.6 Å². The van der Waals surface area contributed by atoms with Crippen LogP contribution in [0.5, 0.6) is 0 Å². The molecule has 2 aliphatic heterocycles. The molecule has 0 aliphatic carbocycles. The summed E-state index contributed by atoms with van der Waals surface area (Å²) in [5, 5.41) is 1.21. The summed E-state index contributed by atoms with van der Waals surface area (Å²) < 4.78 is 1.07. The van der Waals surface area contributed by atoms with Crippen molar-refractivity contribution in [1.29, 1.82) is 0 Å². The van der Waals surface area contributed by atoms with Gasteiger partial charge in [0.15, 0.2) is 0 Å². The first-order valence-corrected chi connectivity index (χ1v) is 10.6. The van der Waals surface area contributed by atoms with E-state index in [2.05, 4.69) is 54.0 Å². The summed E-state index contributed by atoms with van der Waals surface area (Å²) >= 11 is 3.63. The molecule has 1 amide bonds. The average molecular weight is 440 g/mol. The predicted molar refractivity (Wildman–Crippen MR) is 112 cm³/mol. The monoisotopic (exact) mass is 439 g/mol. The normalized spacial score (nSPS) is 19.7. The number of hydrogen-bond donors (Lipinski definition) is 1. The fraction of sp³-hybridized carbons (Fsp3) is 0.381. The Bertz CT molecular complexity index is 1020. The Hall–Kier alpha value is -2.41. The van der Waals surface area contributed by atoms with Gasteiger partial charge in [0, 0.05) is 66.1 Å². The molecule has 6 nitrogen and oxygen atoms in total. The number of carbonyl (C=O) groups excluding carboxylic acids is 1. The number of para-hydroxylation sites is 1. The molecule has 0 radical (unpaired) electrons. The highest BCUT2D eigenvalue weighted by molar-refractivity contribution is 9.10. The first-order valence-electron chi connectivity index (χ1n) is 9.78. The molecule has 4 heterocycles. The highest BCUT2D eigenvalue weighted by atomic mass is 79.9. The Labute approximate surface area is 172 Å². The van der Waals surface area contributed by atoms with Crippen molar-refractivity contribution in [3.8, 4) is 0 Å². The minimum absolute atomic E-state index is 0.0225. The van der Waals surface area contributed by atoms with E-state index in [9.17, 15) is 4.79 Å². The van der Waals surface area contributed by atoms with Gasteiger partial charge in [-0.2, -0.15) is 0 Å². The van der Waals surface area contributed by atoms with Gasteiger partial charge < -0.3 is 14.8 Å². The van der Waals surface area contributed by atoms with Gasteiger partial charge in [0.25, 0.3) is 0 Å². The molecule has 1 fully saturated rings. The van der Waals surface area contributed by atoms with Crippen LogP contribution in [0.4, 0.5) is 5.82 Å². The third kappa shape index (κ3) is 3.07. The number of benzene rings is 1. The molecule has 3 aromatic rings. The van der Waals surface area contributed by atoms with Crippen LogP contribution < -0.4 is 4.90 Å². The molecule has 1 unspecified atom stereocenters. The SMILES string of the molecule is O=C(C1CCCN(c2cnccn2)C1)N1CCc2[nH]c3c(Br)cccc3c2C1. The number of nitrogens with zero attached hydrogens (tertiary/aromatic N) is 4. The van der Waals surface area contributed by atoms with E-state index >= 15 is 0 Å². The average Bonchev–Trinajstić information content (AvgIpc) is 3.13. The Morgan fingerprint density at radius 1 is 1.25 bits per heavy atom. The second-order valence-corrected chi connectivity index (χ2v) is 8.46. The quantitative estimate of drug-likeness (QED) is 0.663. The number of H-pyrrole nitrogens is 1. The number of piperidine rings is 1. The highest BCUT2D eigenvalue weighted by Crippen LogP contribution is 2.33. The molecule has 1 atom stereocenters. The van der Waals surface area contributed by atoms with Crippen molar-refractivity contribution in [2.45, 2.75) is 25.8 Å². The predicted octanol–water partition coefficient (Wildman–Crippen LogP) is 3.52. The number of anilines is 1. The van der Waals surface area contributed by atoms with Crippen molar-refractivity contribution in [3.05, 3.63) is 52.5 Å². The van der Waals surface area contributed by atoms with Crippen molar-refractivity contribution >= 4 is 38.6 Å². The van der Waals surface area contributed by atoms with Crippen LogP contribution in [0.3, 0.4) is 0 Å². The van der Waals surface area contributed by atoms with Gasteiger partial charge in [-0.1, -0.05) is 12.1 Å². The maximum absolute atomic E-state index is 13.3. The fourth-order valence-corrected chi connectivity index (χ4v) is 4.96. The van der Waals surface area contributed by atoms with Crippen molar-refractivity contribution in [3.63, 3.8) is 0 Å². The van der Waals surface area contributed by atoms with Crippen LogP contribution in [0, 0.1) is 5.92 Å². The Balaban J connectivity index is 1.35. The van der Waals surface area contributed by atoms with Crippen LogP contribution >= 0.6 is 15.9 Å². The zero-order chi connectivity index (χ0) is 19.1. The zero-order valence-electron chi connectivity index (χ0n) is 15.6. The van der Waals surface area contributed by atoms with E-state index in [4.69, 9.17) is 0 Å². The Morgan fingerprint density at radius 3 is 3.04 bits per heavy atom. The van der Waals surface area contributed by atoms with Crippen molar-refractivity contribution in [1.82, 2.24) is 19.9 Å². The maximum atomic E-state index is 13.3. The first kappa shape index (κ1) is 17.7. The Kier molecular flexibility index (Phi) is 4.55. The molecule has 2 aromatic heterocycles. The van der Waals surface area contributed by atoms with Gasteiger partial charge >= 0.3 is 0 Å². The van der Waals surface area contributed by atoms with Crippen molar-refractivity contribution < 1.29 is 4.79 Å². The molecule has 0 saturated carbocycles. The molecular weight excluding hydrogens is 418 g/mol. The van der Waals surface area contributed by atoms with E-state index in [1.807, 2.05) is 4.90 Å². The van der Waals surface area contributed by atoms with E-state index in [0.717, 1.165) is 54.7 Å². The van der Waals surface area contributed by atoms with E-state index in [-0.39, 0.29) is 11.8 Å². The molecule has 0 bridgehead atoms. The number of halogens is 1. The summed E-state index contributed by atoms with van der Waals surface area (Å²) in [6.07, 6.45) is 8.00. The molecule has 1 N–H and O–H groups in total. The van der Waals surface area contributed by atoms with Gasteiger partial charge in [-0.05, 0) is 34.8 Å². The molecule has 2 aliphatic rings. The van der Waals surface area contributed by atoms with Gasteiger partial charge in [-0.3, -0.25) is 9.78 Å². The molecule has 0 spiro atoms. The van der Waals surface area contributed by atoms with Crippen LogP contribution in [0.15, 0.2) is 41.3 Å². The summed E-state index contributed by atoms with van der Waals surface area (Å²) in [6.45, 7) is 3.12. The molecule has 7 heteroatoms. The number of hydrogen-bond acceptors (Lipinski definition) is 4. The molecular formula is C21H22BrN5O. The number of carbonyl (C=O) groups is 1. The lowest BCUT2D eigenvalue weighted by Crippen LogP contribution is -2.46. The van der Waals surface area contributed by atoms with Gasteiger partial charge in [0.2, 0.25) is 5.91 Å². The number of aromatic nitrogens is 3. The largest absolute Gasteiger partial charge is 0.357 e. The van der Waals surface area contributed by atoms with E-state index in [0.29, 0.717) is 6.54 Å². The highest BCUT2D eigenvalue weighted by Gasteiger charge is 2.32. The molecule has 28 heavy (non-hydrogen) atoms. The lowest BCUT2D eigenvalue weighted by molar-refractivity contribution is -0.136. The third-order valence-corrected chi connectivity index (χ3v) is 6.58. The summed E-state index contributed by atoms with van der Waals surface area (Å²) in [5.41, 5.74) is 3.65.